The van der Waals surface area contributed by atoms with Gasteiger partial charge < -0.3 is 5.32 Å². The summed E-state index contributed by atoms with van der Waals surface area (Å²) in [6.07, 6.45) is 0. The molecule has 150 valence electrons. The van der Waals surface area contributed by atoms with Gasteiger partial charge in [0, 0.05) is 21.7 Å². The van der Waals surface area contributed by atoms with Gasteiger partial charge in [0.2, 0.25) is 0 Å². The standard InChI is InChI=1S/C25H20Cl2N2O/c1-14-8-10-18(12-15(14)2)28-25(30)23-16(3)24(19-11-9-17(26)13-21(19)27)29-22-7-5-4-6-20(22)23/h4-13H,1-3H3,(H,28,30). The summed E-state index contributed by atoms with van der Waals surface area (Å²) in [6.45, 7) is 5.97. The number of carbonyl (C=O) groups excluding carboxylic acids is 1. The van der Waals surface area contributed by atoms with Gasteiger partial charge in [0.15, 0.2) is 0 Å². The van der Waals surface area contributed by atoms with Gasteiger partial charge in [-0.25, -0.2) is 4.98 Å². The summed E-state index contributed by atoms with van der Waals surface area (Å²) in [6, 6.07) is 18.8. The van der Waals surface area contributed by atoms with Gasteiger partial charge in [-0.15, -0.1) is 0 Å². The molecule has 0 radical (unpaired) electrons. The topological polar surface area (TPSA) is 42.0 Å². The largest absolute Gasteiger partial charge is 0.322 e. The van der Waals surface area contributed by atoms with Crippen LogP contribution in [0.15, 0.2) is 60.7 Å². The fourth-order valence-electron chi connectivity index (χ4n) is 3.56. The zero-order valence-electron chi connectivity index (χ0n) is 16.9. The van der Waals surface area contributed by atoms with E-state index in [1.807, 2.05) is 69.3 Å². The van der Waals surface area contributed by atoms with E-state index in [0.717, 1.165) is 33.3 Å². The third-order valence-electron chi connectivity index (χ3n) is 5.31. The summed E-state index contributed by atoms with van der Waals surface area (Å²) in [5.74, 6) is -0.180. The van der Waals surface area contributed by atoms with Crippen LogP contribution in [0.4, 0.5) is 5.69 Å². The average molecular weight is 435 g/mol. The van der Waals surface area contributed by atoms with Crippen LogP contribution in [0, 0.1) is 20.8 Å². The molecule has 0 aliphatic carbocycles. The van der Waals surface area contributed by atoms with Gasteiger partial charge in [0.25, 0.3) is 5.91 Å². The second kappa shape index (κ2) is 8.10. The van der Waals surface area contributed by atoms with Gasteiger partial charge in [-0.05, 0) is 73.9 Å². The highest BCUT2D eigenvalue weighted by Gasteiger charge is 2.20. The number of rotatable bonds is 3. The maximum Gasteiger partial charge on any atom is 0.256 e. The quantitative estimate of drug-likeness (QED) is 0.365. The van der Waals surface area contributed by atoms with Crippen molar-refractivity contribution in [2.75, 3.05) is 5.32 Å². The third-order valence-corrected chi connectivity index (χ3v) is 5.86. The van der Waals surface area contributed by atoms with Crippen LogP contribution in [0.2, 0.25) is 10.0 Å². The minimum atomic E-state index is -0.180. The van der Waals surface area contributed by atoms with E-state index >= 15 is 0 Å². The van der Waals surface area contributed by atoms with Crippen molar-refractivity contribution in [2.24, 2.45) is 0 Å². The van der Waals surface area contributed by atoms with Crippen LogP contribution < -0.4 is 5.32 Å². The molecule has 3 aromatic carbocycles. The molecule has 1 aromatic heterocycles. The molecule has 1 N–H and O–H groups in total. The zero-order chi connectivity index (χ0) is 21.4. The Labute approximate surface area is 185 Å². The minimum Gasteiger partial charge on any atom is -0.322 e. The Balaban J connectivity index is 1.88. The second-order valence-corrected chi connectivity index (χ2v) is 8.20. The molecule has 4 aromatic rings. The molecule has 0 unspecified atom stereocenters. The van der Waals surface area contributed by atoms with Crippen molar-refractivity contribution in [3.8, 4) is 11.3 Å². The molecule has 0 aliphatic heterocycles. The molecule has 4 rings (SSSR count). The molecule has 1 amide bonds. The van der Waals surface area contributed by atoms with Crippen LogP contribution in [0.3, 0.4) is 0 Å². The summed E-state index contributed by atoms with van der Waals surface area (Å²) < 4.78 is 0. The highest BCUT2D eigenvalue weighted by molar-refractivity contribution is 6.36. The molecule has 1 heterocycles. The number of fused-ring (bicyclic) bond motifs is 1. The Morgan fingerprint density at radius 2 is 1.67 bits per heavy atom. The number of nitrogens with one attached hydrogen (secondary N) is 1. The van der Waals surface area contributed by atoms with Gasteiger partial charge >= 0.3 is 0 Å². The Morgan fingerprint density at radius 1 is 0.900 bits per heavy atom. The lowest BCUT2D eigenvalue weighted by atomic mass is 9.97. The molecular formula is C25H20Cl2N2O. The molecule has 0 bridgehead atoms. The lowest BCUT2D eigenvalue weighted by molar-refractivity contribution is 0.102. The van der Waals surface area contributed by atoms with E-state index < -0.39 is 0 Å². The number of pyridine rings is 1. The Hall–Kier alpha value is -2.88. The van der Waals surface area contributed by atoms with Crippen LogP contribution in [0.1, 0.15) is 27.0 Å². The van der Waals surface area contributed by atoms with Crippen molar-refractivity contribution >= 4 is 45.7 Å². The average Bonchev–Trinajstić information content (AvgIpc) is 2.70. The lowest BCUT2D eigenvalue weighted by Crippen LogP contribution is -2.15. The van der Waals surface area contributed by atoms with Crippen LogP contribution in [-0.2, 0) is 0 Å². The SMILES string of the molecule is Cc1ccc(NC(=O)c2c(C)c(-c3ccc(Cl)cc3Cl)nc3ccccc23)cc1C. The Morgan fingerprint density at radius 3 is 2.40 bits per heavy atom. The molecule has 30 heavy (non-hydrogen) atoms. The van der Waals surface area contributed by atoms with E-state index in [1.165, 1.54) is 5.56 Å². The fraction of sp³-hybridized carbons (Fsp3) is 0.120. The predicted molar refractivity (Wildman–Crippen MR) is 126 cm³/mol. The van der Waals surface area contributed by atoms with Crippen molar-refractivity contribution in [3.63, 3.8) is 0 Å². The number of aryl methyl sites for hydroxylation is 2. The van der Waals surface area contributed by atoms with Crippen LogP contribution in [0.25, 0.3) is 22.2 Å². The molecule has 3 nitrogen and oxygen atoms in total. The second-order valence-electron chi connectivity index (χ2n) is 7.35. The van der Waals surface area contributed by atoms with Crippen LogP contribution in [-0.4, -0.2) is 10.9 Å². The predicted octanol–water partition coefficient (Wildman–Crippen LogP) is 7.39. The zero-order valence-corrected chi connectivity index (χ0v) is 18.4. The monoisotopic (exact) mass is 434 g/mol. The summed E-state index contributed by atoms with van der Waals surface area (Å²) in [5.41, 5.74) is 6.55. The number of para-hydroxylation sites is 1. The first-order valence-electron chi connectivity index (χ1n) is 9.58. The number of carbonyl (C=O) groups is 1. The van der Waals surface area contributed by atoms with Gasteiger partial charge in [-0.1, -0.05) is 47.5 Å². The maximum absolute atomic E-state index is 13.4. The van der Waals surface area contributed by atoms with Gasteiger partial charge in [-0.3, -0.25) is 4.79 Å². The van der Waals surface area contributed by atoms with E-state index in [0.29, 0.717) is 21.3 Å². The van der Waals surface area contributed by atoms with Gasteiger partial charge in [-0.2, -0.15) is 0 Å². The maximum atomic E-state index is 13.4. The highest BCUT2D eigenvalue weighted by Crippen LogP contribution is 2.35. The lowest BCUT2D eigenvalue weighted by Gasteiger charge is -2.16. The van der Waals surface area contributed by atoms with E-state index in [2.05, 4.69) is 5.32 Å². The van der Waals surface area contributed by atoms with Gasteiger partial charge in [0.05, 0.1) is 21.8 Å². The number of anilines is 1. The normalized spacial score (nSPS) is 11.0. The fourth-order valence-corrected chi connectivity index (χ4v) is 4.05. The first-order chi connectivity index (χ1) is 14.3. The number of hydrogen-bond donors (Lipinski definition) is 1. The van der Waals surface area contributed by atoms with Crippen molar-refractivity contribution in [3.05, 3.63) is 93.0 Å². The molecular weight excluding hydrogens is 415 g/mol. The summed E-state index contributed by atoms with van der Waals surface area (Å²) in [4.78, 5) is 18.2. The molecule has 0 spiro atoms. The van der Waals surface area contributed by atoms with E-state index in [4.69, 9.17) is 28.2 Å². The number of benzene rings is 3. The minimum absolute atomic E-state index is 0.180. The molecule has 5 heteroatoms. The summed E-state index contributed by atoms with van der Waals surface area (Å²) >= 11 is 12.5. The van der Waals surface area contributed by atoms with Crippen molar-refractivity contribution in [1.29, 1.82) is 0 Å². The van der Waals surface area contributed by atoms with Crippen LogP contribution >= 0.6 is 23.2 Å². The number of amides is 1. The Kier molecular flexibility index (Phi) is 5.50. The van der Waals surface area contributed by atoms with Gasteiger partial charge in [0.1, 0.15) is 0 Å². The number of nitrogens with zero attached hydrogens (tertiary/aromatic N) is 1. The Bertz CT molecular complexity index is 1300. The van der Waals surface area contributed by atoms with E-state index in [9.17, 15) is 4.79 Å². The first kappa shape index (κ1) is 20.4. The van der Waals surface area contributed by atoms with Crippen molar-refractivity contribution in [1.82, 2.24) is 4.98 Å². The summed E-state index contributed by atoms with van der Waals surface area (Å²) in [5, 5.41) is 4.88. The number of halogens is 2. The van der Waals surface area contributed by atoms with E-state index in [1.54, 1.807) is 12.1 Å². The third kappa shape index (κ3) is 3.79. The van der Waals surface area contributed by atoms with E-state index in [-0.39, 0.29) is 5.91 Å². The van der Waals surface area contributed by atoms with Crippen LogP contribution in [0.5, 0.6) is 0 Å². The number of hydrogen-bond acceptors (Lipinski definition) is 2. The van der Waals surface area contributed by atoms with Crippen molar-refractivity contribution < 1.29 is 4.79 Å². The summed E-state index contributed by atoms with van der Waals surface area (Å²) in [7, 11) is 0. The molecule has 0 fully saturated rings. The molecule has 0 aliphatic rings. The van der Waals surface area contributed by atoms with Crippen molar-refractivity contribution in [2.45, 2.75) is 20.8 Å². The smallest absolute Gasteiger partial charge is 0.256 e. The number of aromatic nitrogens is 1. The molecule has 0 atom stereocenters. The first-order valence-corrected chi connectivity index (χ1v) is 10.3. The molecule has 0 saturated heterocycles. The highest BCUT2D eigenvalue weighted by atomic mass is 35.5. The molecule has 0 saturated carbocycles.